The molecule has 170 valence electrons. The summed E-state index contributed by atoms with van der Waals surface area (Å²) in [5, 5.41) is 5.64. The summed E-state index contributed by atoms with van der Waals surface area (Å²) >= 11 is 0. The van der Waals surface area contributed by atoms with Gasteiger partial charge in [-0.1, -0.05) is 54.6 Å². The maximum atomic E-state index is 12.7. The van der Waals surface area contributed by atoms with Gasteiger partial charge in [0.15, 0.2) is 0 Å². The SMILES string of the molecule is O=C(CCN1C(=O)[C@H]2CC=CC[C@H]2C1=O)Nc1ccccc1C(=O)NCCc1ccccc1. The number of nitrogens with zero attached hydrogens (tertiary/aromatic N) is 1. The summed E-state index contributed by atoms with van der Waals surface area (Å²) in [6.07, 6.45) is 5.70. The minimum atomic E-state index is -0.354. The maximum Gasteiger partial charge on any atom is 0.253 e. The quantitative estimate of drug-likeness (QED) is 0.482. The number of likely N-dealkylation sites (tertiary alicyclic amines) is 1. The monoisotopic (exact) mass is 445 g/mol. The van der Waals surface area contributed by atoms with Crippen LogP contribution in [0.1, 0.15) is 35.2 Å². The van der Waals surface area contributed by atoms with Crippen molar-refractivity contribution in [2.75, 3.05) is 18.4 Å². The Morgan fingerprint density at radius 3 is 2.21 bits per heavy atom. The number of carbonyl (C=O) groups is 4. The number of amides is 4. The van der Waals surface area contributed by atoms with Crippen LogP contribution in [0.5, 0.6) is 0 Å². The zero-order valence-electron chi connectivity index (χ0n) is 18.3. The van der Waals surface area contributed by atoms with Crippen molar-refractivity contribution in [2.45, 2.75) is 25.7 Å². The first-order valence-corrected chi connectivity index (χ1v) is 11.3. The second-order valence-electron chi connectivity index (χ2n) is 8.32. The van der Waals surface area contributed by atoms with Gasteiger partial charge in [0.25, 0.3) is 5.91 Å². The normalized spacial score (nSPS) is 19.3. The minimum Gasteiger partial charge on any atom is -0.352 e. The third-order valence-electron chi connectivity index (χ3n) is 6.15. The number of hydrogen-bond donors (Lipinski definition) is 2. The van der Waals surface area contributed by atoms with E-state index in [0.717, 1.165) is 5.56 Å². The van der Waals surface area contributed by atoms with Crippen molar-refractivity contribution < 1.29 is 19.2 Å². The highest BCUT2D eigenvalue weighted by atomic mass is 16.2. The van der Waals surface area contributed by atoms with Crippen molar-refractivity contribution in [3.8, 4) is 0 Å². The van der Waals surface area contributed by atoms with Crippen LogP contribution in [-0.2, 0) is 20.8 Å². The first kappa shape index (κ1) is 22.5. The van der Waals surface area contributed by atoms with Gasteiger partial charge in [0.05, 0.1) is 23.1 Å². The van der Waals surface area contributed by atoms with Gasteiger partial charge >= 0.3 is 0 Å². The van der Waals surface area contributed by atoms with Crippen molar-refractivity contribution >= 4 is 29.3 Å². The zero-order chi connectivity index (χ0) is 23.2. The Morgan fingerprint density at radius 2 is 1.52 bits per heavy atom. The standard InChI is InChI=1S/C26H27N3O4/c30-23(15-17-29-25(32)19-10-4-5-11-20(19)26(29)33)28-22-13-7-6-12-21(22)24(31)27-16-14-18-8-2-1-3-9-18/h1-9,12-13,19-20H,10-11,14-17H2,(H,27,31)(H,28,30)/t19-,20+. The summed E-state index contributed by atoms with van der Waals surface area (Å²) in [6, 6.07) is 16.6. The van der Waals surface area contributed by atoms with Crippen LogP contribution in [-0.4, -0.2) is 41.6 Å². The Kier molecular flexibility index (Phi) is 6.98. The average Bonchev–Trinajstić information content (AvgIpc) is 3.08. The van der Waals surface area contributed by atoms with Crippen molar-refractivity contribution in [1.82, 2.24) is 10.2 Å². The van der Waals surface area contributed by atoms with Gasteiger partial charge in [-0.3, -0.25) is 24.1 Å². The highest BCUT2D eigenvalue weighted by molar-refractivity contribution is 6.06. The van der Waals surface area contributed by atoms with Crippen LogP contribution < -0.4 is 10.6 Å². The molecule has 0 saturated carbocycles. The van der Waals surface area contributed by atoms with Crippen molar-refractivity contribution in [1.29, 1.82) is 0 Å². The van der Waals surface area contributed by atoms with E-state index in [1.165, 1.54) is 4.90 Å². The molecule has 1 aliphatic carbocycles. The third-order valence-corrected chi connectivity index (χ3v) is 6.15. The molecule has 1 fully saturated rings. The number of fused-ring (bicyclic) bond motifs is 1. The molecular formula is C26H27N3O4. The molecule has 2 aliphatic rings. The molecule has 0 bridgehead atoms. The molecule has 4 rings (SSSR count). The van der Waals surface area contributed by atoms with E-state index in [-0.39, 0.29) is 48.4 Å². The van der Waals surface area contributed by atoms with Crippen LogP contribution >= 0.6 is 0 Å². The predicted octanol–water partition coefficient (Wildman–Crippen LogP) is 2.94. The Labute approximate surface area is 192 Å². The molecule has 33 heavy (non-hydrogen) atoms. The summed E-state index contributed by atoms with van der Waals surface area (Å²) in [7, 11) is 0. The first-order chi connectivity index (χ1) is 16.0. The van der Waals surface area contributed by atoms with Crippen LogP contribution in [0.3, 0.4) is 0 Å². The summed E-state index contributed by atoms with van der Waals surface area (Å²) in [4.78, 5) is 51.6. The number of nitrogens with one attached hydrogen (secondary N) is 2. The smallest absolute Gasteiger partial charge is 0.253 e. The van der Waals surface area contributed by atoms with Gasteiger partial charge in [-0.2, -0.15) is 0 Å². The summed E-state index contributed by atoms with van der Waals surface area (Å²) in [5.41, 5.74) is 1.89. The Morgan fingerprint density at radius 1 is 0.879 bits per heavy atom. The summed E-state index contributed by atoms with van der Waals surface area (Å²) in [5.74, 6) is -1.62. The largest absolute Gasteiger partial charge is 0.352 e. The molecule has 2 atom stereocenters. The van der Waals surface area contributed by atoms with Gasteiger partial charge in [0.1, 0.15) is 0 Å². The molecule has 1 saturated heterocycles. The molecule has 0 spiro atoms. The fourth-order valence-electron chi connectivity index (χ4n) is 4.37. The van der Waals surface area contributed by atoms with E-state index >= 15 is 0 Å². The van der Waals surface area contributed by atoms with Gasteiger partial charge in [0.2, 0.25) is 17.7 Å². The van der Waals surface area contributed by atoms with E-state index in [0.29, 0.717) is 37.1 Å². The summed E-state index contributed by atoms with van der Waals surface area (Å²) < 4.78 is 0. The van der Waals surface area contributed by atoms with Crippen molar-refractivity contribution in [3.63, 3.8) is 0 Å². The molecule has 0 radical (unpaired) electrons. The average molecular weight is 446 g/mol. The van der Waals surface area contributed by atoms with Gasteiger partial charge < -0.3 is 10.6 Å². The number of carbonyl (C=O) groups excluding carboxylic acids is 4. The minimum absolute atomic E-state index is 0.0195. The van der Waals surface area contributed by atoms with Gasteiger partial charge in [0, 0.05) is 19.5 Å². The fraction of sp³-hybridized carbons (Fsp3) is 0.308. The number of rotatable bonds is 8. The van der Waals surface area contributed by atoms with E-state index in [2.05, 4.69) is 10.6 Å². The molecule has 7 heteroatoms. The fourth-order valence-corrected chi connectivity index (χ4v) is 4.37. The number of anilines is 1. The molecule has 0 unspecified atom stereocenters. The molecule has 2 N–H and O–H groups in total. The number of hydrogen-bond acceptors (Lipinski definition) is 4. The first-order valence-electron chi connectivity index (χ1n) is 11.3. The predicted molar refractivity (Wildman–Crippen MR) is 124 cm³/mol. The van der Waals surface area contributed by atoms with E-state index < -0.39 is 0 Å². The number of allylic oxidation sites excluding steroid dienone is 2. The van der Waals surface area contributed by atoms with Crippen LogP contribution in [0.2, 0.25) is 0 Å². The van der Waals surface area contributed by atoms with E-state index in [4.69, 9.17) is 0 Å². The lowest BCUT2D eigenvalue weighted by atomic mass is 9.85. The Balaban J connectivity index is 1.31. The lowest BCUT2D eigenvalue weighted by molar-refractivity contribution is -0.140. The molecule has 4 amide bonds. The second kappa shape index (κ2) is 10.3. The third kappa shape index (κ3) is 5.19. The lowest BCUT2D eigenvalue weighted by Gasteiger charge is -2.15. The molecule has 0 aromatic heterocycles. The van der Waals surface area contributed by atoms with Gasteiger partial charge in [-0.25, -0.2) is 0 Å². The number of imide groups is 1. The lowest BCUT2D eigenvalue weighted by Crippen LogP contribution is -2.34. The van der Waals surface area contributed by atoms with E-state index in [9.17, 15) is 19.2 Å². The molecule has 2 aromatic rings. The number of benzene rings is 2. The molecular weight excluding hydrogens is 418 g/mol. The Hall–Kier alpha value is -3.74. The topological polar surface area (TPSA) is 95.6 Å². The molecule has 2 aromatic carbocycles. The molecule has 1 aliphatic heterocycles. The second-order valence-corrected chi connectivity index (χ2v) is 8.32. The highest BCUT2D eigenvalue weighted by Crippen LogP contribution is 2.35. The van der Waals surface area contributed by atoms with E-state index in [1.807, 2.05) is 42.5 Å². The van der Waals surface area contributed by atoms with Gasteiger partial charge in [-0.05, 0) is 37.0 Å². The number of para-hydroxylation sites is 1. The molecule has 7 nitrogen and oxygen atoms in total. The van der Waals surface area contributed by atoms with Crippen LogP contribution in [0.4, 0.5) is 5.69 Å². The summed E-state index contributed by atoms with van der Waals surface area (Å²) in [6.45, 7) is 0.517. The van der Waals surface area contributed by atoms with Crippen LogP contribution in [0.15, 0.2) is 66.7 Å². The van der Waals surface area contributed by atoms with Crippen molar-refractivity contribution in [2.24, 2.45) is 11.8 Å². The van der Waals surface area contributed by atoms with Gasteiger partial charge in [-0.15, -0.1) is 0 Å². The Bertz CT molecular complexity index is 1050. The van der Waals surface area contributed by atoms with Crippen LogP contribution in [0, 0.1) is 11.8 Å². The zero-order valence-corrected chi connectivity index (χ0v) is 18.3. The van der Waals surface area contributed by atoms with E-state index in [1.54, 1.807) is 24.3 Å². The highest BCUT2D eigenvalue weighted by Gasteiger charge is 2.46. The van der Waals surface area contributed by atoms with Crippen LogP contribution in [0.25, 0.3) is 0 Å². The van der Waals surface area contributed by atoms with Crippen molar-refractivity contribution in [3.05, 3.63) is 77.9 Å². The maximum absolute atomic E-state index is 12.7. The molecule has 1 heterocycles.